The molecule has 1 amide bonds. The quantitative estimate of drug-likeness (QED) is 0.803. The molecule has 0 aromatic heterocycles. The van der Waals surface area contributed by atoms with E-state index in [1.54, 1.807) is 12.1 Å². The van der Waals surface area contributed by atoms with Crippen LogP contribution < -0.4 is 0 Å². The third kappa shape index (κ3) is 1.92. The largest absolute Gasteiger partial charge is 0.480 e. The van der Waals surface area contributed by atoms with Crippen molar-refractivity contribution in [1.29, 1.82) is 0 Å². The highest BCUT2D eigenvalue weighted by molar-refractivity contribution is 14.1. The maximum absolute atomic E-state index is 13.8. The number of alkyl halides is 1. The maximum Gasteiger partial charge on any atom is 0.323 e. The molecule has 1 aliphatic heterocycles. The summed E-state index contributed by atoms with van der Waals surface area (Å²) in [4.78, 5) is 24.3. The lowest BCUT2D eigenvalue weighted by atomic mass is 9.86. The molecule has 0 saturated heterocycles. The number of carbonyl (C=O) groups is 2. The van der Waals surface area contributed by atoms with Crippen molar-refractivity contribution in [3.63, 3.8) is 0 Å². The number of halogens is 2. The third-order valence-electron chi connectivity index (χ3n) is 3.82. The molecule has 1 aromatic carbocycles. The Morgan fingerprint density at radius 2 is 2.26 bits per heavy atom. The molecule has 1 saturated carbocycles. The van der Waals surface area contributed by atoms with Gasteiger partial charge in [-0.25, -0.2) is 4.39 Å². The van der Waals surface area contributed by atoms with Crippen LogP contribution in [0.5, 0.6) is 0 Å². The normalized spacial score (nSPS) is 28.4. The van der Waals surface area contributed by atoms with Crippen LogP contribution >= 0.6 is 22.6 Å². The van der Waals surface area contributed by atoms with Crippen LogP contribution in [0.25, 0.3) is 0 Å². The zero-order valence-electron chi connectivity index (χ0n) is 9.90. The van der Waals surface area contributed by atoms with Crippen molar-refractivity contribution < 1.29 is 19.1 Å². The number of carboxylic acids is 1. The monoisotopic (exact) mass is 375 g/mol. The van der Waals surface area contributed by atoms with Gasteiger partial charge in [-0.2, -0.15) is 0 Å². The van der Waals surface area contributed by atoms with E-state index in [1.165, 1.54) is 4.90 Å². The number of benzene rings is 1. The van der Waals surface area contributed by atoms with Crippen molar-refractivity contribution in [2.75, 3.05) is 13.1 Å². The molecular formula is C13H11FINO3. The van der Waals surface area contributed by atoms with E-state index in [4.69, 9.17) is 5.11 Å². The zero-order valence-corrected chi connectivity index (χ0v) is 12.1. The number of nitrogens with zero attached hydrogens (tertiary/aromatic N) is 1. The van der Waals surface area contributed by atoms with Gasteiger partial charge < -0.3 is 10.0 Å². The molecule has 0 radical (unpaired) electrons. The van der Waals surface area contributed by atoms with E-state index in [0.717, 1.165) is 9.13 Å². The molecule has 6 heteroatoms. The van der Waals surface area contributed by atoms with Gasteiger partial charge in [-0.05, 0) is 52.8 Å². The van der Waals surface area contributed by atoms with Crippen molar-refractivity contribution in [2.24, 2.45) is 0 Å². The Balaban J connectivity index is 2.07. The lowest BCUT2D eigenvalue weighted by Crippen LogP contribution is -2.46. The fraction of sp³-hybridized carbons (Fsp3) is 0.385. The minimum absolute atomic E-state index is 0.159. The number of fused-ring (bicyclic) bond motifs is 2. The molecule has 1 aliphatic carbocycles. The third-order valence-corrected chi connectivity index (χ3v) is 4.49. The van der Waals surface area contributed by atoms with Gasteiger partial charge in [-0.1, -0.05) is 0 Å². The molecule has 1 aromatic rings. The predicted molar refractivity (Wildman–Crippen MR) is 73.9 cm³/mol. The fourth-order valence-corrected chi connectivity index (χ4v) is 3.27. The van der Waals surface area contributed by atoms with Crippen LogP contribution in [0.1, 0.15) is 22.3 Å². The summed E-state index contributed by atoms with van der Waals surface area (Å²) >= 11 is 2.13. The summed E-state index contributed by atoms with van der Waals surface area (Å²) in [7, 11) is 0. The van der Waals surface area contributed by atoms with Gasteiger partial charge in [0.1, 0.15) is 12.7 Å². The van der Waals surface area contributed by atoms with Gasteiger partial charge in [0, 0.05) is 21.1 Å². The Morgan fingerprint density at radius 3 is 2.84 bits per heavy atom. The van der Waals surface area contributed by atoms with E-state index in [9.17, 15) is 14.0 Å². The number of rotatable bonds is 2. The Kier molecular flexibility index (Phi) is 2.81. The van der Waals surface area contributed by atoms with Gasteiger partial charge in [-0.15, -0.1) is 0 Å². The van der Waals surface area contributed by atoms with E-state index in [0.29, 0.717) is 12.0 Å². The average Bonchev–Trinajstić information content (AvgIpc) is 2.97. The first kappa shape index (κ1) is 12.8. The Hall–Kier alpha value is -1.18. The second-order valence-electron chi connectivity index (χ2n) is 5.07. The number of carboxylic acid groups (broad SMARTS) is 1. The Labute approximate surface area is 122 Å². The molecule has 19 heavy (non-hydrogen) atoms. The van der Waals surface area contributed by atoms with Crippen molar-refractivity contribution >= 4 is 34.5 Å². The van der Waals surface area contributed by atoms with Crippen LogP contribution in [-0.2, 0) is 10.2 Å². The number of hydrogen-bond donors (Lipinski definition) is 1. The summed E-state index contributed by atoms with van der Waals surface area (Å²) in [6, 6.07) is 5.29. The van der Waals surface area contributed by atoms with Crippen molar-refractivity contribution in [1.82, 2.24) is 4.90 Å². The molecule has 1 spiro atoms. The molecule has 4 nitrogen and oxygen atoms in total. The van der Waals surface area contributed by atoms with Crippen LogP contribution in [0.4, 0.5) is 4.39 Å². The highest BCUT2D eigenvalue weighted by Crippen LogP contribution is 2.54. The Bertz CT molecular complexity index is 591. The first-order valence-electron chi connectivity index (χ1n) is 5.89. The second-order valence-corrected chi connectivity index (χ2v) is 6.32. The summed E-state index contributed by atoms with van der Waals surface area (Å²) in [6.07, 6.45) is -0.627. The van der Waals surface area contributed by atoms with Gasteiger partial charge in [0.15, 0.2) is 0 Å². The predicted octanol–water partition coefficient (Wildman–Crippen LogP) is 1.81. The molecule has 0 unspecified atom stereocenters. The van der Waals surface area contributed by atoms with E-state index < -0.39 is 17.6 Å². The van der Waals surface area contributed by atoms with Gasteiger partial charge in [0.25, 0.3) is 5.91 Å². The Morgan fingerprint density at radius 1 is 1.58 bits per heavy atom. The van der Waals surface area contributed by atoms with Crippen LogP contribution in [0.2, 0.25) is 0 Å². The van der Waals surface area contributed by atoms with Crippen molar-refractivity contribution in [3.8, 4) is 0 Å². The standard InChI is InChI=1S/C13H11FINO3/c14-10-4-13(10)6-16(5-11(17)18)12(19)8-2-1-7(15)3-9(8)13/h1-3,10H,4-6H2,(H,17,18)/t10-,13-/m0/s1. The minimum atomic E-state index is -1.08. The number of amides is 1. The maximum atomic E-state index is 13.8. The fourth-order valence-electron chi connectivity index (χ4n) is 2.78. The molecule has 0 bridgehead atoms. The van der Waals surface area contributed by atoms with Crippen LogP contribution in [0.3, 0.4) is 0 Å². The van der Waals surface area contributed by atoms with Crippen LogP contribution in [0.15, 0.2) is 18.2 Å². The molecule has 1 N–H and O–H groups in total. The number of carbonyl (C=O) groups excluding carboxylic acids is 1. The topological polar surface area (TPSA) is 57.6 Å². The summed E-state index contributed by atoms with van der Waals surface area (Å²) in [5.41, 5.74) is 0.492. The summed E-state index contributed by atoms with van der Waals surface area (Å²) in [6.45, 7) is -0.217. The van der Waals surface area contributed by atoms with Crippen molar-refractivity contribution in [3.05, 3.63) is 32.9 Å². The number of aliphatic carboxylic acids is 1. The molecular weight excluding hydrogens is 364 g/mol. The first-order valence-corrected chi connectivity index (χ1v) is 6.97. The molecule has 1 heterocycles. The molecule has 2 aliphatic rings. The van der Waals surface area contributed by atoms with E-state index >= 15 is 0 Å². The van der Waals surface area contributed by atoms with Crippen molar-refractivity contribution in [2.45, 2.75) is 18.0 Å². The molecule has 3 rings (SSSR count). The number of hydrogen-bond acceptors (Lipinski definition) is 2. The summed E-state index contributed by atoms with van der Waals surface area (Å²) in [5.74, 6) is -1.40. The molecule has 100 valence electrons. The molecule has 2 atom stereocenters. The van der Waals surface area contributed by atoms with E-state index in [2.05, 4.69) is 22.6 Å². The highest BCUT2D eigenvalue weighted by Gasteiger charge is 2.61. The van der Waals surface area contributed by atoms with Gasteiger partial charge >= 0.3 is 5.97 Å². The van der Waals surface area contributed by atoms with Crippen LogP contribution in [-0.4, -0.2) is 41.1 Å². The summed E-state index contributed by atoms with van der Waals surface area (Å²) in [5, 5.41) is 8.84. The average molecular weight is 375 g/mol. The minimum Gasteiger partial charge on any atom is -0.480 e. The van der Waals surface area contributed by atoms with Gasteiger partial charge in [-0.3, -0.25) is 9.59 Å². The second kappa shape index (κ2) is 4.16. The lowest BCUT2D eigenvalue weighted by molar-refractivity contribution is -0.137. The highest BCUT2D eigenvalue weighted by atomic mass is 127. The lowest BCUT2D eigenvalue weighted by Gasteiger charge is -2.33. The van der Waals surface area contributed by atoms with Gasteiger partial charge in [0.2, 0.25) is 0 Å². The SMILES string of the molecule is O=C(O)CN1C[C@@]2(C[C@@H]2F)c2cc(I)ccc2C1=O. The van der Waals surface area contributed by atoms with E-state index in [-0.39, 0.29) is 19.0 Å². The zero-order chi connectivity index (χ0) is 13.8. The molecule has 1 fully saturated rings. The summed E-state index contributed by atoms with van der Waals surface area (Å²) < 4.78 is 14.8. The first-order chi connectivity index (χ1) is 8.94. The van der Waals surface area contributed by atoms with Gasteiger partial charge in [0.05, 0.1) is 0 Å². The van der Waals surface area contributed by atoms with Crippen LogP contribution in [0, 0.1) is 3.57 Å². The van der Waals surface area contributed by atoms with E-state index in [1.807, 2.05) is 6.07 Å². The smallest absolute Gasteiger partial charge is 0.323 e.